The van der Waals surface area contributed by atoms with Gasteiger partial charge in [0.25, 0.3) is 0 Å². The minimum atomic E-state index is -0.452. The van der Waals surface area contributed by atoms with E-state index in [2.05, 4.69) is 17.6 Å². The number of carbonyl (C=O) groups excluding carboxylic acids is 2. The molecule has 1 aliphatic heterocycles. The van der Waals surface area contributed by atoms with E-state index in [-0.39, 0.29) is 24.0 Å². The second-order valence-electron chi connectivity index (χ2n) is 6.90. The second kappa shape index (κ2) is 8.39. The molecule has 1 saturated heterocycles. The number of rotatable bonds is 3. The standard InChI is InChI=1S/C17H31N3O2/c1-13-9-7-8-12-20(13)16(21)14(2)18-17(22)19-15-10-5-3-4-6-11-15/h13-15H,3-12H2,1-2H3,(H2,18,19,22). The lowest BCUT2D eigenvalue weighted by Gasteiger charge is -2.35. The predicted molar refractivity (Wildman–Crippen MR) is 87.6 cm³/mol. The molecule has 0 aromatic heterocycles. The van der Waals surface area contributed by atoms with E-state index in [0.717, 1.165) is 32.2 Å². The van der Waals surface area contributed by atoms with Crippen molar-refractivity contribution in [1.29, 1.82) is 0 Å². The topological polar surface area (TPSA) is 61.4 Å². The van der Waals surface area contributed by atoms with Gasteiger partial charge in [-0.3, -0.25) is 4.79 Å². The normalized spacial score (nSPS) is 25.2. The van der Waals surface area contributed by atoms with Crippen LogP contribution in [0, 0.1) is 0 Å². The number of piperidine rings is 1. The monoisotopic (exact) mass is 309 g/mol. The van der Waals surface area contributed by atoms with E-state index in [1.807, 2.05) is 4.90 Å². The van der Waals surface area contributed by atoms with Crippen molar-refractivity contribution in [2.24, 2.45) is 0 Å². The average Bonchev–Trinajstić information content (AvgIpc) is 2.75. The summed E-state index contributed by atoms with van der Waals surface area (Å²) in [4.78, 5) is 26.5. The van der Waals surface area contributed by atoms with Crippen LogP contribution in [0.15, 0.2) is 0 Å². The molecule has 126 valence electrons. The van der Waals surface area contributed by atoms with Gasteiger partial charge in [-0.2, -0.15) is 0 Å². The fourth-order valence-corrected chi connectivity index (χ4v) is 3.58. The molecule has 2 N–H and O–H groups in total. The Morgan fingerprint density at radius 2 is 1.64 bits per heavy atom. The maximum absolute atomic E-state index is 12.5. The zero-order chi connectivity index (χ0) is 15.9. The molecule has 3 amide bonds. The molecule has 2 atom stereocenters. The van der Waals surface area contributed by atoms with Gasteiger partial charge in [0.1, 0.15) is 6.04 Å². The zero-order valence-electron chi connectivity index (χ0n) is 14.1. The molecule has 1 heterocycles. The summed E-state index contributed by atoms with van der Waals surface area (Å²) in [5.41, 5.74) is 0. The van der Waals surface area contributed by atoms with Gasteiger partial charge < -0.3 is 15.5 Å². The number of hydrogen-bond acceptors (Lipinski definition) is 2. The van der Waals surface area contributed by atoms with Crippen LogP contribution >= 0.6 is 0 Å². The van der Waals surface area contributed by atoms with E-state index in [1.54, 1.807) is 6.92 Å². The molecule has 22 heavy (non-hydrogen) atoms. The highest BCUT2D eigenvalue weighted by molar-refractivity contribution is 5.87. The van der Waals surface area contributed by atoms with Crippen LogP contribution in [-0.4, -0.2) is 41.5 Å². The molecule has 2 unspecified atom stereocenters. The van der Waals surface area contributed by atoms with Gasteiger partial charge in [-0.25, -0.2) is 4.79 Å². The van der Waals surface area contributed by atoms with E-state index in [1.165, 1.54) is 32.1 Å². The molecule has 1 aliphatic carbocycles. The van der Waals surface area contributed by atoms with Gasteiger partial charge in [-0.15, -0.1) is 0 Å². The van der Waals surface area contributed by atoms with E-state index < -0.39 is 6.04 Å². The van der Waals surface area contributed by atoms with Crippen LogP contribution in [0.1, 0.15) is 71.6 Å². The summed E-state index contributed by atoms with van der Waals surface area (Å²) in [6, 6.07) is -0.0992. The predicted octanol–water partition coefficient (Wildman–Crippen LogP) is 2.80. The molecule has 0 aromatic carbocycles. The van der Waals surface area contributed by atoms with Crippen molar-refractivity contribution in [2.45, 2.75) is 89.8 Å². The van der Waals surface area contributed by atoms with E-state index in [0.29, 0.717) is 0 Å². The van der Waals surface area contributed by atoms with Gasteiger partial charge in [0.2, 0.25) is 5.91 Å². The Hall–Kier alpha value is -1.26. The van der Waals surface area contributed by atoms with E-state index in [4.69, 9.17) is 0 Å². The SMILES string of the molecule is CC(NC(=O)NC1CCCCCC1)C(=O)N1CCCCC1C. The van der Waals surface area contributed by atoms with Crippen molar-refractivity contribution < 1.29 is 9.59 Å². The van der Waals surface area contributed by atoms with Gasteiger partial charge in [0.15, 0.2) is 0 Å². The molecule has 0 radical (unpaired) electrons. The highest BCUT2D eigenvalue weighted by Crippen LogP contribution is 2.18. The van der Waals surface area contributed by atoms with Crippen LogP contribution < -0.4 is 10.6 Å². The van der Waals surface area contributed by atoms with Crippen LogP contribution in [-0.2, 0) is 4.79 Å². The molecule has 1 saturated carbocycles. The van der Waals surface area contributed by atoms with Crippen molar-refractivity contribution in [1.82, 2.24) is 15.5 Å². The highest BCUT2D eigenvalue weighted by Gasteiger charge is 2.28. The van der Waals surface area contributed by atoms with Gasteiger partial charge >= 0.3 is 6.03 Å². The third-order valence-corrected chi connectivity index (χ3v) is 4.99. The highest BCUT2D eigenvalue weighted by atomic mass is 16.2. The molecule has 0 spiro atoms. The lowest BCUT2D eigenvalue weighted by molar-refractivity contribution is -0.136. The molecule has 0 bridgehead atoms. The molecule has 2 rings (SSSR count). The third kappa shape index (κ3) is 4.89. The van der Waals surface area contributed by atoms with Crippen molar-refractivity contribution in [3.63, 3.8) is 0 Å². The van der Waals surface area contributed by atoms with Gasteiger partial charge in [-0.05, 0) is 46.0 Å². The minimum absolute atomic E-state index is 0.0446. The van der Waals surface area contributed by atoms with E-state index in [9.17, 15) is 9.59 Å². The Bertz CT molecular complexity index is 378. The number of hydrogen-bond donors (Lipinski definition) is 2. The van der Waals surface area contributed by atoms with Gasteiger partial charge in [0, 0.05) is 18.6 Å². The first kappa shape index (κ1) is 17.1. The summed E-state index contributed by atoms with van der Waals surface area (Å²) in [5.74, 6) is 0.0446. The summed E-state index contributed by atoms with van der Waals surface area (Å²) in [6.45, 7) is 4.70. The Kier molecular flexibility index (Phi) is 6.52. The summed E-state index contributed by atoms with van der Waals surface area (Å²) >= 11 is 0. The number of amides is 3. The fraction of sp³-hybridized carbons (Fsp3) is 0.882. The minimum Gasteiger partial charge on any atom is -0.338 e. The lowest BCUT2D eigenvalue weighted by Crippen LogP contribution is -2.54. The Morgan fingerprint density at radius 3 is 2.27 bits per heavy atom. The quantitative estimate of drug-likeness (QED) is 0.788. The van der Waals surface area contributed by atoms with E-state index >= 15 is 0 Å². The lowest BCUT2D eigenvalue weighted by atomic mass is 10.0. The van der Waals surface area contributed by atoms with Crippen molar-refractivity contribution in [3.05, 3.63) is 0 Å². The van der Waals surface area contributed by atoms with Gasteiger partial charge in [0.05, 0.1) is 0 Å². The summed E-state index contributed by atoms with van der Waals surface area (Å²) in [7, 11) is 0. The van der Waals surface area contributed by atoms with Crippen LogP contribution in [0.25, 0.3) is 0 Å². The fourth-order valence-electron chi connectivity index (χ4n) is 3.58. The van der Waals surface area contributed by atoms with Crippen LogP contribution in [0.3, 0.4) is 0 Å². The van der Waals surface area contributed by atoms with Crippen molar-refractivity contribution in [3.8, 4) is 0 Å². The molecule has 0 aromatic rings. The number of carbonyl (C=O) groups is 2. The maximum atomic E-state index is 12.5. The number of nitrogens with zero attached hydrogens (tertiary/aromatic N) is 1. The maximum Gasteiger partial charge on any atom is 0.315 e. The van der Waals surface area contributed by atoms with Crippen LogP contribution in [0.2, 0.25) is 0 Å². The van der Waals surface area contributed by atoms with Crippen LogP contribution in [0.4, 0.5) is 4.79 Å². The summed E-state index contributed by atoms with van der Waals surface area (Å²) in [6.07, 6.45) is 10.3. The van der Waals surface area contributed by atoms with Crippen molar-refractivity contribution >= 4 is 11.9 Å². The zero-order valence-corrected chi connectivity index (χ0v) is 14.1. The molecule has 5 heteroatoms. The first-order valence-electron chi connectivity index (χ1n) is 8.95. The molecule has 2 aliphatic rings. The molecule has 2 fully saturated rings. The van der Waals surface area contributed by atoms with Crippen molar-refractivity contribution in [2.75, 3.05) is 6.54 Å². The van der Waals surface area contributed by atoms with Crippen LogP contribution in [0.5, 0.6) is 0 Å². The Morgan fingerprint density at radius 1 is 1.00 bits per heavy atom. The first-order chi connectivity index (χ1) is 10.6. The number of urea groups is 1. The Balaban J connectivity index is 1.78. The number of nitrogens with one attached hydrogen (secondary N) is 2. The summed E-state index contributed by atoms with van der Waals surface area (Å²) in [5, 5.41) is 5.86. The molecular formula is C17H31N3O2. The summed E-state index contributed by atoms with van der Waals surface area (Å²) < 4.78 is 0. The molecule has 5 nitrogen and oxygen atoms in total. The first-order valence-corrected chi connectivity index (χ1v) is 8.95. The average molecular weight is 309 g/mol. The Labute approximate surface area is 134 Å². The molecular weight excluding hydrogens is 278 g/mol. The largest absolute Gasteiger partial charge is 0.338 e. The smallest absolute Gasteiger partial charge is 0.315 e. The third-order valence-electron chi connectivity index (χ3n) is 4.99. The second-order valence-corrected chi connectivity index (χ2v) is 6.90. The number of likely N-dealkylation sites (tertiary alicyclic amines) is 1. The van der Waals surface area contributed by atoms with Gasteiger partial charge in [-0.1, -0.05) is 25.7 Å².